The van der Waals surface area contributed by atoms with Crippen molar-refractivity contribution in [1.82, 2.24) is 5.32 Å². The molecule has 0 aromatic rings. The van der Waals surface area contributed by atoms with Crippen molar-refractivity contribution in [2.45, 2.75) is 26.4 Å². The first-order chi connectivity index (χ1) is 7.19. The van der Waals surface area contributed by atoms with E-state index in [2.05, 4.69) is 5.32 Å². The molecule has 3 heteroatoms. The van der Waals surface area contributed by atoms with Gasteiger partial charge in [-0.1, -0.05) is 26.0 Å². The maximum Gasteiger partial charge on any atom is 0.131 e. The molecular formula is C12H18FNO. The van der Waals surface area contributed by atoms with Crippen molar-refractivity contribution < 1.29 is 9.50 Å². The highest BCUT2D eigenvalue weighted by atomic mass is 19.1. The average Bonchev–Trinajstić information content (AvgIpc) is 2.22. The molecule has 2 aliphatic rings. The van der Waals surface area contributed by atoms with E-state index >= 15 is 0 Å². The van der Waals surface area contributed by atoms with Gasteiger partial charge in [0, 0.05) is 12.1 Å². The molecule has 0 saturated heterocycles. The monoisotopic (exact) mass is 211 g/mol. The van der Waals surface area contributed by atoms with E-state index in [0.29, 0.717) is 0 Å². The second-order valence-electron chi connectivity index (χ2n) is 3.56. The van der Waals surface area contributed by atoms with Crippen LogP contribution in [-0.2, 0) is 0 Å². The molecule has 0 aromatic heterocycles. The lowest BCUT2D eigenvalue weighted by molar-refractivity contribution is 0.168. The third kappa shape index (κ3) is 3.29. The van der Waals surface area contributed by atoms with Crippen LogP contribution >= 0.6 is 0 Å². The minimum atomic E-state index is -0.157. The topological polar surface area (TPSA) is 32.3 Å². The Kier molecular flexibility index (Phi) is 4.72. The zero-order valence-electron chi connectivity index (χ0n) is 9.26. The molecule has 0 aliphatic heterocycles. The van der Waals surface area contributed by atoms with Crippen LogP contribution in [0.5, 0.6) is 0 Å². The summed E-state index contributed by atoms with van der Waals surface area (Å²) in [4.78, 5) is 0. The number of rotatable bonds is 4. The molecule has 0 bridgehead atoms. The van der Waals surface area contributed by atoms with E-state index in [4.69, 9.17) is 5.11 Å². The summed E-state index contributed by atoms with van der Waals surface area (Å²) in [5.74, 6) is -0.0579. The van der Waals surface area contributed by atoms with Crippen LogP contribution in [0.1, 0.15) is 20.3 Å². The third-order valence-electron chi connectivity index (χ3n) is 2.38. The van der Waals surface area contributed by atoms with Crippen molar-refractivity contribution in [2.24, 2.45) is 0 Å². The van der Waals surface area contributed by atoms with Gasteiger partial charge in [-0.2, -0.15) is 0 Å². The molecule has 15 heavy (non-hydrogen) atoms. The van der Waals surface area contributed by atoms with E-state index in [-0.39, 0.29) is 11.9 Å². The second-order valence-corrected chi connectivity index (χ2v) is 3.56. The lowest BCUT2D eigenvalue weighted by Crippen LogP contribution is -2.25. The van der Waals surface area contributed by atoms with Gasteiger partial charge in [0.1, 0.15) is 5.82 Å². The van der Waals surface area contributed by atoms with E-state index < -0.39 is 0 Å². The Morgan fingerprint density at radius 3 is 2.33 bits per heavy atom. The van der Waals surface area contributed by atoms with Crippen LogP contribution in [0.15, 0.2) is 18.2 Å². The number of benzene rings is 1. The first-order valence-corrected chi connectivity index (χ1v) is 5.37. The van der Waals surface area contributed by atoms with E-state index in [9.17, 15) is 4.39 Å². The van der Waals surface area contributed by atoms with Gasteiger partial charge in [0.15, 0.2) is 0 Å². The molecule has 0 radical (unpaired) electrons. The zero-order chi connectivity index (χ0) is 11.3. The van der Waals surface area contributed by atoms with Gasteiger partial charge in [-0.15, -0.1) is 0 Å². The number of hydrogen-bond donors (Lipinski definition) is 2. The Bertz CT molecular complexity index is 314. The van der Waals surface area contributed by atoms with Crippen LogP contribution in [0, 0.1) is 5.82 Å². The fraction of sp³-hybridized carbons (Fsp3) is 0.500. The third-order valence-corrected chi connectivity index (χ3v) is 2.38. The van der Waals surface area contributed by atoms with Crippen molar-refractivity contribution in [3.8, 4) is 11.1 Å². The number of likely N-dealkylation sites (N-methyl/N-ethyl adjacent to an activating group) is 1. The van der Waals surface area contributed by atoms with Crippen molar-refractivity contribution in [3.05, 3.63) is 24.0 Å². The van der Waals surface area contributed by atoms with Crippen molar-refractivity contribution in [3.63, 3.8) is 0 Å². The molecule has 1 unspecified atom stereocenters. The summed E-state index contributed by atoms with van der Waals surface area (Å²) < 4.78 is 12.0. The summed E-state index contributed by atoms with van der Waals surface area (Å²) in [6.45, 7) is 5.68. The smallest absolute Gasteiger partial charge is 0.131 e. The van der Waals surface area contributed by atoms with Crippen molar-refractivity contribution in [2.75, 3.05) is 13.1 Å². The quantitative estimate of drug-likeness (QED) is 0.812. The molecule has 2 N–H and O–H groups in total. The lowest BCUT2D eigenvalue weighted by Gasteiger charge is -2.13. The Morgan fingerprint density at radius 2 is 2.13 bits per heavy atom. The first-order valence-electron chi connectivity index (χ1n) is 5.37. The number of aliphatic hydroxyl groups excluding tert-OH is 1. The molecule has 0 amide bonds. The number of aliphatic hydroxyl groups is 1. The number of nitrogens with one attached hydrogen (secondary N) is 1. The Balaban J connectivity index is 0.000000150. The largest absolute Gasteiger partial charge is 0.392 e. The van der Waals surface area contributed by atoms with Gasteiger partial charge >= 0.3 is 0 Å². The van der Waals surface area contributed by atoms with Crippen LogP contribution in [0.2, 0.25) is 0 Å². The highest BCUT2D eigenvalue weighted by Gasteiger charge is 2.14. The van der Waals surface area contributed by atoms with E-state index in [1.807, 2.05) is 19.9 Å². The lowest BCUT2D eigenvalue weighted by atomic mass is 9.93. The van der Waals surface area contributed by atoms with E-state index in [1.54, 1.807) is 6.07 Å². The van der Waals surface area contributed by atoms with Gasteiger partial charge in [-0.25, -0.2) is 4.39 Å². The maximum absolute atomic E-state index is 12.0. The summed E-state index contributed by atoms with van der Waals surface area (Å²) in [7, 11) is 0. The number of halogens is 1. The molecule has 84 valence electrons. The van der Waals surface area contributed by atoms with Crippen LogP contribution in [-0.4, -0.2) is 24.3 Å². The Hall–Kier alpha value is -0.930. The fourth-order valence-corrected chi connectivity index (χ4v) is 1.20. The van der Waals surface area contributed by atoms with Gasteiger partial charge in [0.2, 0.25) is 0 Å². The summed E-state index contributed by atoms with van der Waals surface area (Å²) in [5, 5.41) is 12.0. The van der Waals surface area contributed by atoms with Crippen LogP contribution in [0.4, 0.5) is 4.39 Å². The van der Waals surface area contributed by atoms with Gasteiger partial charge < -0.3 is 10.4 Å². The summed E-state index contributed by atoms with van der Waals surface area (Å²) in [5.41, 5.74) is 1.87. The van der Waals surface area contributed by atoms with Gasteiger partial charge in [-0.3, -0.25) is 0 Å². The Labute approximate surface area is 90.1 Å². The van der Waals surface area contributed by atoms with Crippen molar-refractivity contribution >= 4 is 0 Å². The van der Waals surface area contributed by atoms with Crippen LogP contribution < -0.4 is 5.32 Å². The zero-order valence-corrected chi connectivity index (χ0v) is 9.26. The van der Waals surface area contributed by atoms with Gasteiger partial charge in [-0.05, 0) is 24.6 Å². The first kappa shape index (κ1) is 12.1. The minimum Gasteiger partial charge on any atom is -0.392 e. The minimum absolute atomic E-state index is 0.0579. The van der Waals surface area contributed by atoms with Crippen LogP contribution in [0.3, 0.4) is 0 Å². The molecule has 2 rings (SSSR count). The molecule has 0 saturated carbocycles. The SMILES string of the molecule is CCNCC(O)CC.Fc1cc2ccc1-2. The van der Waals surface area contributed by atoms with E-state index in [1.165, 1.54) is 6.07 Å². The molecule has 2 nitrogen and oxygen atoms in total. The van der Waals surface area contributed by atoms with Gasteiger partial charge in [0.25, 0.3) is 0 Å². The normalized spacial score (nSPS) is 12.8. The molecule has 0 spiro atoms. The summed E-state index contributed by atoms with van der Waals surface area (Å²) in [6, 6.07) is 5.22. The predicted octanol–water partition coefficient (Wildman–Crippen LogP) is 2.17. The number of hydrogen-bond acceptors (Lipinski definition) is 2. The molecule has 0 aromatic carbocycles. The summed E-state index contributed by atoms with van der Waals surface area (Å²) >= 11 is 0. The fourth-order valence-electron chi connectivity index (χ4n) is 1.20. The molecule has 1 atom stereocenters. The molecule has 0 fully saturated rings. The van der Waals surface area contributed by atoms with Crippen LogP contribution in [0.25, 0.3) is 11.1 Å². The maximum atomic E-state index is 12.0. The molecule has 0 heterocycles. The van der Waals surface area contributed by atoms with Crippen molar-refractivity contribution in [1.29, 1.82) is 0 Å². The van der Waals surface area contributed by atoms with E-state index in [0.717, 1.165) is 30.6 Å². The molecular weight excluding hydrogens is 193 g/mol. The van der Waals surface area contributed by atoms with Gasteiger partial charge in [0.05, 0.1) is 6.10 Å². The average molecular weight is 211 g/mol. The molecule has 2 aliphatic carbocycles. The summed E-state index contributed by atoms with van der Waals surface area (Å²) in [6.07, 6.45) is 0.683. The Morgan fingerprint density at radius 1 is 1.40 bits per heavy atom. The second kappa shape index (κ2) is 5.83. The predicted molar refractivity (Wildman–Crippen MR) is 60.2 cm³/mol. The highest BCUT2D eigenvalue weighted by molar-refractivity contribution is 5.76. The number of fused-ring (bicyclic) bond motifs is 1. The standard InChI is InChI=1S/C6H3F.C6H15NO/c7-6-3-4-1-2-5(4)6;1-3-6(8)5-7-4-2/h1-3H;6-8H,3-5H2,1-2H3. The highest BCUT2D eigenvalue weighted by Crippen LogP contribution is 2.34.